The van der Waals surface area contributed by atoms with E-state index in [1.807, 2.05) is 24.4 Å². The van der Waals surface area contributed by atoms with Crippen LogP contribution in [0.2, 0.25) is 0 Å². The highest BCUT2D eigenvalue weighted by Crippen LogP contribution is 2.35. The number of aryl methyl sites for hydroxylation is 1. The highest BCUT2D eigenvalue weighted by Gasteiger charge is 2.16. The van der Waals surface area contributed by atoms with Gasteiger partial charge in [-0.3, -0.25) is 0 Å². The number of halogens is 2. The van der Waals surface area contributed by atoms with Gasteiger partial charge in [0.1, 0.15) is 6.10 Å². The van der Waals surface area contributed by atoms with Gasteiger partial charge in [-0.2, -0.15) is 0 Å². The number of thiophene rings is 2. The van der Waals surface area contributed by atoms with Crippen molar-refractivity contribution in [1.82, 2.24) is 0 Å². The van der Waals surface area contributed by atoms with Gasteiger partial charge in [0, 0.05) is 4.88 Å². The monoisotopic (exact) mass is 366 g/mol. The van der Waals surface area contributed by atoms with Crippen LogP contribution in [0.15, 0.2) is 25.1 Å². The fraction of sp³-hybridized carbons (Fsp3) is 0.200. The highest BCUT2D eigenvalue weighted by molar-refractivity contribution is 9.11. The van der Waals surface area contributed by atoms with Crippen molar-refractivity contribution in [2.75, 3.05) is 0 Å². The average Bonchev–Trinajstić information content (AvgIpc) is 2.71. The Morgan fingerprint density at radius 2 is 2.00 bits per heavy atom. The molecule has 0 aliphatic rings. The lowest BCUT2D eigenvalue weighted by molar-refractivity contribution is 0.220. The van der Waals surface area contributed by atoms with Crippen molar-refractivity contribution in [1.29, 1.82) is 0 Å². The third-order valence-corrected chi connectivity index (χ3v) is 5.22. The van der Waals surface area contributed by atoms with E-state index in [1.54, 1.807) is 22.7 Å². The molecule has 80 valence electrons. The van der Waals surface area contributed by atoms with Crippen molar-refractivity contribution in [2.24, 2.45) is 0 Å². The first kappa shape index (κ1) is 11.8. The summed E-state index contributed by atoms with van der Waals surface area (Å²) in [6.45, 7) is 2.02. The van der Waals surface area contributed by atoms with Crippen molar-refractivity contribution >= 4 is 54.5 Å². The van der Waals surface area contributed by atoms with Crippen molar-refractivity contribution < 1.29 is 5.11 Å². The molecule has 0 spiro atoms. The lowest BCUT2D eigenvalue weighted by Gasteiger charge is -2.07. The van der Waals surface area contributed by atoms with Crippen LogP contribution < -0.4 is 0 Å². The number of aliphatic hydroxyl groups is 1. The molecule has 0 aliphatic carbocycles. The van der Waals surface area contributed by atoms with E-state index >= 15 is 0 Å². The smallest absolute Gasteiger partial charge is 0.106 e. The maximum atomic E-state index is 10.2. The van der Waals surface area contributed by atoms with Gasteiger partial charge in [-0.25, -0.2) is 0 Å². The summed E-state index contributed by atoms with van der Waals surface area (Å²) in [6.07, 6.45) is -0.518. The van der Waals surface area contributed by atoms with Gasteiger partial charge in [-0.1, -0.05) is 0 Å². The summed E-state index contributed by atoms with van der Waals surface area (Å²) in [5.74, 6) is 0. The van der Waals surface area contributed by atoms with Gasteiger partial charge in [-0.05, 0) is 67.4 Å². The Hall–Kier alpha value is 0.320. The van der Waals surface area contributed by atoms with Crippen LogP contribution in [0.1, 0.15) is 22.1 Å². The molecule has 0 fully saturated rings. The largest absolute Gasteiger partial charge is 0.384 e. The Morgan fingerprint density at radius 1 is 1.27 bits per heavy atom. The van der Waals surface area contributed by atoms with Gasteiger partial charge < -0.3 is 5.11 Å². The van der Waals surface area contributed by atoms with E-state index in [4.69, 9.17) is 0 Å². The van der Waals surface area contributed by atoms with Crippen LogP contribution in [0.5, 0.6) is 0 Å². The summed E-state index contributed by atoms with van der Waals surface area (Å²) < 4.78 is 2.10. The normalized spacial score (nSPS) is 13.1. The molecule has 1 unspecified atom stereocenters. The molecule has 0 aliphatic heterocycles. The predicted octanol–water partition coefficient (Wildman–Crippen LogP) is 4.72. The molecule has 0 saturated heterocycles. The molecule has 0 radical (unpaired) electrons. The third kappa shape index (κ3) is 2.53. The molecule has 2 aromatic rings. The van der Waals surface area contributed by atoms with Crippen LogP contribution in [-0.4, -0.2) is 5.11 Å². The van der Waals surface area contributed by atoms with E-state index in [1.165, 1.54) is 0 Å². The minimum atomic E-state index is -0.518. The van der Waals surface area contributed by atoms with E-state index in [0.29, 0.717) is 0 Å². The maximum Gasteiger partial charge on any atom is 0.106 e. The van der Waals surface area contributed by atoms with E-state index in [-0.39, 0.29) is 0 Å². The summed E-state index contributed by atoms with van der Waals surface area (Å²) in [7, 11) is 0. The molecule has 1 N–H and O–H groups in total. The lowest BCUT2D eigenvalue weighted by atomic mass is 10.1. The topological polar surface area (TPSA) is 20.2 Å². The summed E-state index contributed by atoms with van der Waals surface area (Å²) in [5.41, 5.74) is 1.93. The van der Waals surface area contributed by atoms with Crippen LogP contribution in [0.3, 0.4) is 0 Å². The zero-order valence-corrected chi connectivity index (χ0v) is 12.6. The quantitative estimate of drug-likeness (QED) is 0.813. The fourth-order valence-electron chi connectivity index (χ4n) is 1.38. The number of hydrogen-bond acceptors (Lipinski definition) is 3. The second-order valence-corrected chi connectivity index (χ2v) is 8.07. The number of hydrogen-bond donors (Lipinski definition) is 1. The molecule has 2 heterocycles. The molecule has 2 aromatic heterocycles. The fourth-order valence-corrected chi connectivity index (χ4v) is 4.31. The molecule has 2 rings (SSSR count). The lowest BCUT2D eigenvalue weighted by Crippen LogP contribution is -1.97. The molecule has 0 aromatic carbocycles. The summed E-state index contributed by atoms with van der Waals surface area (Å²) >= 11 is 10.1. The molecule has 1 atom stereocenters. The van der Waals surface area contributed by atoms with Gasteiger partial charge in [0.25, 0.3) is 0 Å². The first-order valence-electron chi connectivity index (χ1n) is 4.25. The van der Waals surface area contributed by atoms with Crippen molar-refractivity contribution in [3.8, 4) is 0 Å². The first-order chi connectivity index (χ1) is 7.08. The molecule has 15 heavy (non-hydrogen) atoms. The standard InChI is InChI=1S/C10H8Br2OS2/c1-5-7(3-9(12)15-5)10(13)6-2-8(11)14-4-6/h2-4,10,13H,1H3. The van der Waals surface area contributed by atoms with Crippen LogP contribution in [0.4, 0.5) is 0 Å². The minimum absolute atomic E-state index is 0.518. The zero-order chi connectivity index (χ0) is 11.0. The van der Waals surface area contributed by atoms with Gasteiger partial charge in [-0.15, -0.1) is 22.7 Å². The SMILES string of the molecule is Cc1sc(Br)cc1C(O)c1csc(Br)c1. The van der Waals surface area contributed by atoms with E-state index in [0.717, 1.165) is 23.6 Å². The third-order valence-electron chi connectivity index (χ3n) is 2.12. The molecule has 0 amide bonds. The Labute approximate surface area is 113 Å². The minimum Gasteiger partial charge on any atom is -0.384 e. The van der Waals surface area contributed by atoms with Gasteiger partial charge >= 0.3 is 0 Å². The van der Waals surface area contributed by atoms with Gasteiger partial charge in [0.2, 0.25) is 0 Å². The number of aliphatic hydroxyl groups excluding tert-OH is 1. The Bertz CT molecular complexity index is 475. The van der Waals surface area contributed by atoms with E-state index in [2.05, 4.69) is 31.9 Å². The molecule has 0 bridgehead atoms. The average molecular weight is 368 g/mol. The van der Waals surface area contributed by atoms with E-state index < -0.39 is 6.10 Å². The number of rotatable bonds is 2. The Balaban J connectivity index is 2.35. The summed E-state index contributed by atoms with van der Waals surface area (Å²) in [5, 5.41) is 12.1. The van der Waals surface area contributed by atoms with Gasteiger partial charge in [0.05, 0.1) is 7.57 Å². The summed E-state index contributed by atoms with van der Waals surface area (Å²) in [6, 6.07) is 3.94. The molecular formula is C10H8Br2OS2. The molecule has 1 nitrogen and oxygen atoms in total. The predicted molar refractivity (Wildman–Crippen MR) is 72.8 cm³/mol. The second-order valence-electron chi connectivity index (χ2n) is 3.15. The maximum absolute atomic E-state index is 10.2. The van der Waals surface area contributed by atoms with Crippen molar-refractivity contribution in [3.05, 3.63) is 41.1 Å². The van der Waals surface area contributed by atoms with Crippen molar-refractivity contribution in [3.63, 3.8) is 0 Å². The molecule has 0 saturated carbocycles. The van der Waals surface area contributed by atoms with Crippen LogP contribution in [-0.2, 0) is 0 Å². The van der Waals surface area contributed by atoms with Crippen LogP contribution in [0.25, 0.3) is 0 Å². The van der Waals surface area contributed by atoms with Gasteiger partial charge in [0.15, 0.2) is 0 Å². The zero-order valence-electron chi connectivity index (χ0n) is 7.83. The molecule has 5 heteroatoms. The Morgan fingerprint density at radius 3 is 2.47 bits per heavy atom. The highest BCUT2D eigenvalue weighted by atomic mass is 79.9. The van der Waals surface area contributed by atoms with Crippen molar-refractivity contribution in [2.45, 2.75) is 13.0 Å². The van der Waals surface area contributed by atoms with Crippen LogP contribution >= 0.6 is 54.5 Å². The second kappa shape index (κ2) is 4.67. The molecular weight excluding hydrogens is 360 g/mol. The Kier molecular flexibility index (Phi) is 3.67. The first-order valence-corrected chi connectivity index (χ1v) is 7.54. The summed E-state index contributed by atoms with van der Waals surface area (Å²) in [4.78, 5) is 1.15. The van der Waals surface area contributed by atoms with Crippen LogP contribution in [0, 0.1) is 6.92 Å². The van der Waals surface area contributed by atoms with E-state index in [9.17, 15) is 5.11 Å².